The molecule has 3 unspecified atom stereocenters. The highest BCUT2D eigenvalue weighted by Crippen LogP contribution is 2.23. The number of allylic oxidation sites excluding steroid dienone is 1. The van der Waals surface area contributed by atoms with Crippen LogP contribution in [0.1, 0.15) is 59.3 Å². The van der Waals surface area contributed by atoms with E-state index in [1.165, 1.54) is 32.1 Å². The molecule has 0 aromatic carbocycles. The Bertz CT molecular complexity index is 299. The van der Waals surface area contributed by atoms with Gasteiger partial charge in [-0.05, 0) is 25.8 Å². The normalized spacial score (nSPS) is 28.3. The third-order valence-corrected chi connectivity index (χ3v) is 4.32. The molecule has 0 radical (unpaired) electrons. The summed E-state index contributed by atoms with van der Waals surface area (Å²) in [5, 5.41) is 10.0. The maximum absolute atomic E-state index is 10.0. The molecule has 3 nitrogen and oxygen atoms in total. The number of aliphatic hydroxyl groups is 1. The van der Waals surface area contributed by atoms with Crippen molar-refractivity contribution in [3.05, 3.63) is 12.2 Å². The molecule has 0 amide bonds. The van der Waals surface area contributed by atoms with Gasteiger partial charge in [0, 0.05) is 6.92 Å². The molecular formula is C16H31N2O+. The van der Waals surface area contributed by atoms with Gasteiger partial charge >= 0.3 is 0 Å². The average molecular weight is 267 g/mol. The summed E-state index contributed by atoms with van der Waals surface area (Å²) < 4.78 is 0.659. The van der Waals surface area contributed by atoms with Gasteiger partial charge in [-0.2, -0.15) is 0 Å². The Balaban J connectivity index is 2.36. The number of unbranched alkanes of at least 4 members (excludes halogenated alkanes) is 5. The molecule has 3 heteroatoms. The van der Waals surface area contributed by atoms with E-state index in [4.69, 9.17) is 0 Å². The number of hydrogen-bond donors (Lipinski definition) is 1. The summed E-state index contributed by atoms with van der Waals surface area (Å²) in [5.41, 5.74) is 0. The van der Waals surface area contributed by atoms with Crippen LogP contribution in [0.2, 0.25) is 0 Å². The van der Waals surface area contributed by atoms with E-state index in [1.54, 1.807) is 0 Å². The van der Waals surface area contributed by atoms with Gasteiger partial charge in [0.05, 0.1) is 12.8 Å². The zero-order valence-electron chi connectivity index (χ0n) is 12.9. The molecule has 0 bridgehead atoms. The van der Waals surface area contributed by atoms with Crippen molar-refractivity contribution in [2.75, 3.05) is 13.1 Å². The Labute approximate surface area is 118 Å². The first-order valence-corrected chi connectivity index (χ1v) is 7.90. The minimum absolute atomic E-state index is 0.112. The number of aliphatic hydroxyl groups excluding tert-OH is 1. The van der Waals surface area contributed by atoms with Gasteiger partial charge in [0.1, 0.15) is 6.54 Å². The predicted octanol–water partition coefficient (Wildman–Crippen LogP) is 3.49. The summed E-state index contributed by atoms with van der Waals surface area (Å²) in [6.45, 7) is 8.02. The topological polar surface area (TPSA) is 32.6 Å². The average Bonchev–Trinajstić information content (AvgIpc) is 2.82. The number of quaternary nitrogens is 1. The minimum atomic E-state index is -0.355. The lowest BCUT2D eigenvalue weighted by Crippen LogP contribution is -2.57. The molecule has 0 saturated heterocycles. The molecule has 1 aliphatic rings. The smallest absolute Gasteiger partial charge is 0.204 e. The summed E-state index contributed by atoms with van der Waals surface area (Å²) in [5.74, 6) is 0. The summed E-state index contributed by atoms with van der Waals surface area (Å²) in [6, 6.07) is 0. The van der Waals surface area contributed by atoms with Crippen LogP contribution in [0.5, 0.6) is 0 Å². The standard InChI is InChI=1S/C16H31N2O/c1-4-6-7-8-9-10-11-12-16-17-13-14-18(16,5-2)15(3)19/h11-13,15-16,19H,4-10,14H2,1-3H3/q+1/b12-11+. The van der Waals surface area contributed by atoms with Gasteiger partial charge in [-0.1, -0.05) is 38.7 Å². The molecule has 110 valence electrons. The van der Waals surface area contributed by atoms with E-state index in [0.717, 1.165) is 19.5 Å². The number of nitrogens with zero attached hydrogens (tertiary/aromatic N) is 2. The van der Waals surface area contributed by atoms with E-state index in [-0.39, 0.29) is 12.4 Å². The highest BCUT2D eigenvalue weighted by atomic mass is 16.3. The van der Waals surface area contributed by atoms with E-state index in [0.29, 0.717) is 4.48 Å². The third-order valence-electron chi connectivity index (χ3n) is 4.32. The monoisotopic (exact) mass is 267 g/mol. The maximum Gasteiger partial charge on any atom is 0.204 e. The van der Waals surface area contributed by atoms with Crippen molar-refractivity contribution in [3.63, 3.8) is 0 Å². The molecule has 19 heavy (non-hydrogen) atoms. The third kappa shape index (κ3) is 4.43. The predicted molar refractivity (Wildman–Crippen MR) is 82.1 cm³/mol. The van der Waals surface area contributed by atoms with E-state index >= 15 is 0 Å². The largest absolute Gasteiger partial charge is 0.345 e. The molecule has 1 heterocycles. The molecule has 0 aromatic rings. The SMILES string of the molecule is CCCCCCC/C=C/C1N=CC[N+]1(CC)C(C)O. The Kier molecular flexibility index (Phi) is 7.32. The molecule has 0 aromatic heterocycles. The van der Waals surface area contributed by atoms with Gasteiger partial charge in [-0.15, -0.1) is 0 Å². The van der Waals surface area contributed by atoms with Crippen molar-refractivity contribution in [1.82, 2.24) is 0 Å². The Morgan fingerprint density at radius 3 is 2.68 bits per heavy atom. The maximum atomic E-state index is 10.0. The second-order valence-corrected chi connectivity index (χ2v) is 5.61. The number of likely N-dealkylation sites (N-methyl/N-ethyl adjacent to an activating group) is 1. The van der Waals surface area contributed by atoms with Crippen LogP contribution in [0.15, 0.2) is 17.1 Å². The van der Waals surface area contributed by atoms with Crippen molar-refractivity contribution < 1.29 is 9.59 Å². The summed E-state index contributed by atoms with van der Waals surface area (Å²) in [4.78, 5) is 4.53. The fourth-order valence-corrected chi connectivity index (χ4v) is 2.81. The first kappa shape index (κ1) is 16.4. The van der Waals surface area contributed by atoms with Crippen LogP contribution in [-0.4, -0.2) is 41.3 Å². The lowest BCUT2D eigenvalue weighted by atomic mass is 10.1. The van der Waals surface area contributed by atoms with Crippen LogP contribution in [0.25, 0.3) is 0 Å². The molecule has 3 atom stereocenters. The van der Waals surface area contributed by atoms with Crippen molar-refractivity contribution in [2.24, 2.45) is 4.99 Å². The van der Waals surface area contributed by atoms with Gasteiger partial charge in [-0.3, -0.25) is 4.48 Å². The van der Waals surface area contributed by atoms with Crippen molar-refractivity contribution in [3.8, 4) is 0 Å². The van der Waals surface area contributed by atoms with Crippen LogP contribution in [0.4, 0.5) is 0 Å². The zero-order valence-corrected chi connectivity index (χ0v) is 12.9. The quantitative estimate of drug-likeness (QED) is 0.387. The van der Waals surface area contributed by atoms with Crippen LogP contribution < -0.4 is 0 Å². The summed E-state index contributed by atoms with van der Waals surface area (Å²) in [7, 11) is 0. The van der Waals surface area contributed by atoms with Gasteiger partial charge in [-0.25, -0.2) is 4.99 Å². The minimum Gasteiger partial charge on any atom is -0.345 e. The number of rotatable bonds is 9. The van der Waals surface area contributed by atoms with Gasteiger partial charge in [0.25, 0.3) is 0 Å². The van der Waals surface area contributed by atoms with Crippen LogP contribution >= 0.6 is 0 Å². The molecule has 0 fully saturated rings. The first-order valence-electron chi connectivity index (χ1n) is 7.90. The fraction of sp³-hybridized carbons (Fsp3) is 0.812. The van der Waals surface area contributed by atoms with E-state index < -0.39 is 0 Å². The van der Waals surface area contributed by atoms with Gasteiger partial charge < -0.3 is 5.11 Å². The lowest BCUT2D eigenvalue weighted by Gasteiger charge is -2.39. The molecule has 0 aliphatic carbocycles. The summed E-state index contributed by atoms with van der Waals surface area (Å²) >= 11 is 0. The number of aliphatic imine (C=N–C) groups is 1. The lowest BCUT2D eigenvalue weighted by molar-refractivity contribution is -0.970. The van der Waals surface area contributed by atoms with Crippen molar-refractivity contribution >= 4 is 6.21 Å². The molecule has 0 spiro atoms. The second kappa shape index (κ2) is 8.49. The van der Waals surface area contributed by atoms with Crippen molar-refractivity contribution in [1.29, 1.82) is 0 Å². The van der Waals surface area contributed by atoms with E-state index in [9.17, 15) is 5.11 Å². The van der Waals surface area contributed by atoms with Gasteiger partial charge in [0.2, 0.25) is 6.17 Å². The van der Waals surface area contributed by atoms with E-state index in [2.05, 4.69) is 31.0 Å². The second-order valence-electron chi connectivity index (χ2n) is 5.61. The van der Waals surface area contributed by atoms with E-state index in [1.807, 2.05) is 13.1 Å². The van der Waals surface area contributed by atoms with Crippen LogP contribution in [0.3, 0.4) is 0 Å². The highest BCUT2D eigenvalue weighted by Gasteiger charge is 2.40. The Morgan fingerprint density at radius 1 is 1.32 bits per heavy atom. The van der Waals surface area contributed by atoms with Crippen LogP contribution in [0, 0.1) is 0 Å². The molecule has 1 N–H and O–H groups in total. The first-order chi connectivity index (χ1) is 9.17. The zero-order chi connectivity index (χ0) is 14.1. The van der Waals surface area contributed by atoms with Crippen LogP contribution in [-0.2, 0) is 0 Å². The molecule has 1 aliphatic heterocycles. The summed E-state index contributed by atoms with van der Waals surface area (Å²) in [6.07, 6.45) is 13.9. The highest BCUT2D eigenvalue weighted by molar-refractivity contribution is 5.60. The molecular weight excluding hydrogens is 236 g/mol. The number of hydrogen-bond acceptors (Lipinski definition) is 2. The Morgan fingerprint density at radius 2 is 2.05 bits per heavy atom. The molecule has 0 saturated carbocycles. The van der Waals surface area contributed by atoms with Gasteiger partial charge in [0.15, 0.2) is 6.23 Å². The fourth-order valence-electron chi connectivity index (χ4n) is 2.81. The Hall–Kier alpha value is -0.670. The molecule has 1 rings (SSSR count). The van der Waals surface area contributed by atoms with Crippen molar-refractivity contribution in [2.45, 2.75) is 71.7 Å².